The number of carboxylic acids is 2. The number of aliphatic hydroxyl groups excluding tert-OH is 3. The van der Waals surface area contributed by atoms with Crippen molar-refractivity contribution in [3.63, 3.8) is 0 Å². The third-order valence-corrected chi connectivity index (χ3v) is 9.25. The smallest absolute Gasteiger partial charge is 0.326 e. The lowest BCUT2D eigenvalue weighted by Gasteiger charge is -2.28. The van der Waals surface area contributed by atoms with Crippen molar-refractivity contribution in [2.75, 3.05) is 13.2 Å². The molecule has 61 heavy (non-hydrogen) atoms. The molecule has 24 nitrogen and oxygen atoms in total. The summed E-state index contributed by atoms with van der Waals surface area (Å²) in [7, 11) is 0. The topological polar surface area (TPSA) is 416 Å². The van der Waals surface area contributed by atoms with Gasteiger partial charge in [0, 0.05) is 30.1 Å². The summed E-state index contributed by atoms with van der Waals surface area (Å²) in [5, 5.41) is 63.9. The van der Waals surface area contributed by atoms with Gasteiger partial charge >= 0.3 is 11.9 Å². The highest BCUT2D eigenvalue weighted by Crippen LogP contribution is 2.19. The van der Waals surface area contributed by atoms with Crippen LogP contribution in [0.3, 0.4) is 0 Å². The van der Waals surface area contributed by atoms with E-state index < -0.39 is 121 Å². The van der Waals surface area contributed by atoms with Crippen molar-refractivity contribution in [2.24, 2.45) is 28.1 Å². The first kappa shape index (κ1) is 50.8. The Morgan fingerprint density at radius 1 is 0.705 bits per heavy atom. The predicted molar refractivity (Wildman–Crippen MR) is 217 cm³/mol. The van der Waals surface area contributed by atoms with Crippen LogP contribution in [0.15, 0.2) is 35.5 Å². The number of benzene rings is 1. The van der Waals surface area contributed by atoms with Crippen LogP contribution in [0, 0.1) is 5.92 Å². The third kappa shape index (κ3) is 16.0. The predicted octanol–water partition coefficient (Wildman–Crippen LogP) is -5.03. The van der Waals surface area contributed by atoms with E-state index in [4.69, 9.17) is 17.2 Å². The summed E-state index contributed by atoms with van der Waals surface area (Å²) in [4.78, 5) is 110. The molecule has 2 rings (SSSR count). The normalized spacial score (nSPS) is 15.6. The Morgan fingerprint density at radius 2 is 1.25 bits per heavy atom. The lowest BCUT2D eigenvalue weighted by Crippen LogP contribution is -2.63. The maximum absolute atomic E-state index is 13.9. The highest BCUT2D eigenvalue weighted by atomic mass is 16.4. The van der Waals surface area contributed by atoms with Gasteiger partial charge in [-0.1, -0.05) is 32.0 Å². The fourth-order valence-electron chi connectivity index (χ4n) is 5.80. The molecule has 1 aromatic carbocycles. The number of H-pyrrole nitrogens is 1. The highest BCUT2D eigenvalue weighted by molar-refractivity contribution is 5.98. The van der Waals surface area contributed by atoms with Crippen LogP contribution in [0.2, 0.25) is 0 Å². The molecule has 24 heteroatoms. The minimum Gasteiger partial charge on any atom is -0.481 e. The maximum atomic E-state index is 13.9. The zero-order valence-electron chi connectivity index (χ0n) is 34.1. The summed E-state index contributed by atoms with van der Waals surface area (Å²) < 4.78 is 0. The van der Waals surface area contributed by atoms with Gasteiger partial charge in [0.2, 0.25) is 35.4 Å². The summed E-state index contributed by atoms with van der Waals surface area (Å²) in [6.07, 6.45) is -2.63. The zero-order chi connectivity index (χ0) is 46.1. The first-order valence-electron chi connectivity index (χ1n) is 19.2. The third-order valence-electron chi connectivity index (χ3n) is 9.25. The molecular weight excluding hydrogens is 806 g/mol. The number of aromatic amines is 1. The van der Waals surface area contributed by atoms with E-state index in [0.717, 1.165) is 6.92 Å². The quantitative estimate of drug-likeness (QED) is 0.0252. The first-order valence-corrected chi connectivity index (χ1v) is 19.2. The monoisotopic (exact) mass is 863 g/mol. The first-order chi connectivity index (χ1) is 28.6. The van der Waals surface area contributed by atoms with Gasteiger partial charge < -0.3 is 79.6 Å². The van der Waals surface area contributed by atoms with Gasteiger partial charge in [-0.05, 0) is 44.2 Å². The van der Waals surface area contributed by atoms with E-state index in [1.165, 1.54) is 6.92 Å². The second-order valence-corrected chi connectivity index (χ2v) is 14.6. The molecule has 0 aliphatic carbocycles. The van der Waals surface area contributed by atoms with E-state index in [1.807, 2.05) is 0 Å². The molecule has 9 atom stereocenters. The average molecular weight is 864 g/mol. The second kappa shape index (κ2) is 24.0. The van der Waals surface area contributed by atoms with Crippen LogP contribution in [0.5, 0.6) is 0 Å². The molecule has 1 aromatic heterocycles. The number of nitrogens with two attached hydrogens (primary N) is 3. The van der Waals surface area contributed by atoms with Crippen LogP contribution in [0.4, 0.5) is 0 Å². The fraction of sp³-hybridized carbons (Fsp3) is 0.541. The molecule has 0 radical (unpaired) electrons. The molecule has 18 N–H and O–H groups in total. The number of carbonyl (C=O) groups excluding carboxylic acids is 6. The van der Waals surface area contributed by atoms with E-state index >= 15 is 0 Å². The van der Waals surface area contributed by atoms with Crippen molar-refractivity contribution in [1.29, 1.82) is 0 Å². The van der Waals surface area contributed by atoms with Gasteiger partial charge in [0.15, 0.2) is 5.96 Å². The molecule has 0 spiro atoms. The molecule has 0 aliphatic rings. The number of aliphatic imine (C=N–C) groups is 1. The largest absolute Gasteiger partial charge is 0.481 e. The highest BCUT2D eigenvalue weighted by Gasteiger charge is 2.36. The lowest BCUT2D eigenvalue weighted by atomic mass is 10.0. The molecule has 2 aromatic rings. The van der Waals surface area contributed by atoms with Gasteiger partial charge in [0.25, 0.3) is 0 Å². The minimum absolute atomic E-state index is 0.0666. The number of hydrogen-bond donors (Lipinski definition) is 15. The average Bonchev–Trinajstić information content (AvgIpc) is 3.59. The summed E-state index contributed by atoms with van der Waals surface area (Å²) in [6.45, 7) is 4.44. The number of rotatable bonds is 25. The number of fused-ring (bicyclic) bond motifs is 1. The number of carboxylic acid groups (broad SMARTS) is 2. The van der Waals surface area contributed by atoms with Gasteiger partial charge in [-0.3, -0.25) is 38.6 Å². The Bertz CT molecular complexity index is 1900. The molecule has 0 saturated heterocycles. The molecule has 338 valence electrons. The van der Waals surface area contributed by atoms with Crippen molar-refractivity contribution in [1.82, 2.24) is 36.9 Å². The van der Waals surface area contributed by atoms with Crippen LogP contribution >= 0.6 is 0 Å². The van der Waals surface area contributed by atoms with Crippen molar-refractivity contribution in [2.45, 2.75) is 108 Å². The van der Waals surface area contributed by atoms with Gasteiger partial charge in [-0.25, -0.2) is 4.79 Å². The standard InChI is InChI=1S/C37H57N11O13/c1-16(2)28(34(58)43-22(36(60)61)10-7-11-41-37(39)40)47-32(56)25(15-49)46-35(59)29(18(4)51)48-31(55)23(12-19-14-42-21-9-6-5-8-20(19)21)44-30(54)24(13-26(52)53)45-33(57)27(38)17(3)50/h5-6,8-9,14,16-18,22-25,27-29,42,49-51H,7,10-13,15,38H2,1-4H3,(H,43,58)(H,44,54)(H,45,57)(H,46,59)(H,47,56)(H,48,55)(H,52,53)(H,60,61)(H4,39,40,41)/t17-,18-,22+,23+,24+,25+,27+,28+,29+/m1/s1. The maximum Gasteiger partial charge on any atom is 0.326 e. The number of amides is 6. The van der Waals surface area contributed by atoms with E-state index in [0.29, 0.717) is 16.5 Å². The fourth-order valence-corrected chi connectivity index (χ4v) is 5.80. The Morgan fingerprint density at radius 3 is 1.80 bits per heavy atom. The molecule has 0 aliphatic heterocycles. The Hall–Kier alpha value is -6.37. The zero-order valence-corrected chi connectivity index (χ0v) is 34.1. The SMILES string of the molecule is CC(C)[C@H](NC(=O)[C@H](CO)NC(=O)[C@@H](NC(=O)[C@H](Cc1c[nH]c2ccccc12)NC(=O)[C@H](CC(=O)O)NC(=O)[C@@H](N)[C@@H](C)O)[C@@H](C)O)C(=O)N[C@@H](CCCN=C(N)N)C(=O)O. The Balaban J connectivity index is 2.33. The van der Waals surface area contributed by atoms with Gasteiger partial charge in [0.1, 0.15) is 42.3 Å². The van der Waals surface area contributed by atoms with E-state index in [2.05, 4.69) is 41.9 Å². The Kier molecular flexibility index (Phi) is 20.0. The van der Waals surface area contributed by atoms with Crippen LogP contribution in [-0.4, -0.2) is 152 Å². The van der Waals surface area contributed by atoms with E-state index in [9.17, 15) is 63.9 Å². The van der Waals surface area contributed by atoms with Crippen molar-refractivity contribution in [3.05, 3.63) is 36.0 Å². The van der Waals surface area contributed by atoms with Crippen LogP contribution < -0.4 is 49.1 Å². The number of nitrogens with one attached hydrogen (secondary N) is 7. The molecule has 1 heterocycles. The molecule has 0 unspecified atom stereocenters. The number of para-hydroxylation sites is 1. The number of aliphatic hydroxyl groups is 3. The number of guanidine groups is 1. The number of hydrogen-bond acceptors (Lipinski definition) is 13. The van der Waals surface area contributed by atoms with Gasteiger partial charge in [0.05, 0.1) is 25.2 Å². The van der Waals surface area contributed by atoms with Crippen LogP contribution in [-0.2, 0) is 44.8 Å². The molecule has 0 saturated carbocycles. The summed E-state index contributed by atoms with van der Waals surface area (Å²) >= 11 is 0. The van der Waals surface area contributed by atoms with Crippen LogP contribution in [0.1, 0.15) is 52.5 Å². The van der Waals surface area contributed by atoms with E-state index in [1.54, 1.807) is 44.3 Å². The molecule has 0 bridgehead atoms. The van der Waals surface area contributed by atoms with Crippen molar-refractivity contribution in [3.8, 4) is 0 Å². The minimum atomic E-state index is -1.85. The summed E-state index contributed by atoms with van der Waals surface area (Å²) in [5.41, 5.74) is 17.3. The van der Waals surface area contributed by atoms with E-state index in [-0.39, 0.29) is 31.8 Å². The summed E-state index contributed by atoms with van der Waals surface area (Å²) in [6, 6.07) is -4.42. The van der Waals surface area contributed by atoms with Crippen molar-refractivity contribution >= 4 is 64.2 Å². The number of nitrogens with zero attached hydrogens (tertiary/aromatic N) is 1. The number of aliphatic carboxylic acids is 2. The summed E-state index contributed by atoms with van der Waals surface area (Å²) in [5.74, 6) is -10.2. The second-order valence-electron chi connectivity index (χ2n) is 14.6. The number of carbonyl (C=O) groups is 8. The lowest BCUT2D eigenvalue weighted by molar-refractivity contribution is -0.143. The molecule has 6 amide bonds. The van der Waals surface area contributed by atoms with Crippen molar-refractivity contribution < 1.29 is 63.9 Å². The van der Waals surface area contributed by atoms with Gasteiger partial charge in [-0.15, -0.1) is 0 Å². The molecular formula is C37H57N11O13. The van der Waals surface area contributed by atoms with Crippen LogP contribution in [0.25, 0.3) is 10.9 Å². The number of aromatic nitrogens is 1. The Labute approximate surface area is 349 Å². The molecule has 0 fully saturated rings. The van der Waals surface area contributed by atoms with Gasteiger partial charge in [-0.2, -0.15) is 0 Å².